The van der Waals surface area contributed by atoms with Gasteiger partial charge in [0.25, 0.3) is 0 Å². The van der Waals surface area contributed by atoms with Gasteiger partial charge in [-0.3, -0.25) is 0 Å². The molecule has 8 nitrogen and oxygen atoms in total. The quantitative estimate of drug-likeness (QED) is 0.239. The number of hydrogen-bond acceptors (Lipinski definition) is 6. The van der Waals surface area contributed by atoms with Gasteiger partial charge < -0.3 is 21.5 Å². The Morgan fingerprint density at radius 1 is 1.09 bits per heavy atom. The van der Waals surface area contributed by atoms with Crippen LogP contribution in [-0.4, -0.2) is 20.0 Å². The fourth-order valence-corrected chi connectivity index (χ4v) is 0. The van der Waals surface area contributed by atoms with Crippen LogP contribution < -0.4 is 52.1 Å². The van der Waals surface area contributed by atoms with Gasteiger partial charge in [0.05, 0.1) is 5.09 Å². The summed E-state index contributed by atoms with van der Waals surface area (Å²) in [5, 5.41) is 14.8. The summed E-state index contributed by atoms with van der Waals surface area (Å²) >= 11 is -4.08. The van der Waals surface area contributed by atoms with Gasteiger partial charge in [0.1, 0.15) is 0 Å². The van der Waals surface area contributed by atoms with Crippen molar-refractivity contribution in [2.75, 3.05) is 0 Å². The summed E-state index contributed by atoms with van der Waals surface area (Å²) in [4.78, 5) is 8.25. The average molecular weight is 215 g/mol. The Bertz CT molecular complexity index is 76.6. The summed E-state index contributed by atoms with van der Waals surface area (Å²) in [6, 6.07) is 0. The van der Waals surface area contributed by atoms with Crippen molar-refractivity contribution in [2.24, 2.45) is 0 Å². The molecule has 0 bridgehead atoms. The van der Waals surface area contributed by atoms with Crippen molar-refractivity contribution in [1.29, 1.82) is 0 Å². The number of quaternary nitrogens is 1. The molecule has 0 aliphatic heterocycles. The first-order valence-corrected chi connectivity index (χ1v) is 3.73. The Balaban J connectivity index is -0.0000000171. The Hall–Kier alpha value is 0.298. The monoisotopic (exact) mass is 216 g/mol. The van der Waals surface area contributed by atoms with E-state index in [1.807, 2.05) is 0 Å². The molecule has 0 unspecified atom stereocenters. The van der Waals surface area contributed by atoms with Crippen molar-refractivity contribution in [3.8, 4) is 0 Å². The minimum atomic E-state index is -4.08. The number of nitrogens with zero attached hydrogens (tertiary/aromatic N) is 1. The topological polar surface area (TPSA) is 166 Å². The standard InChI is InChI=1S/GeO3.2Li.NO3.H3N/c2-1(3)4;;;2-1(3)4;/h;;;;1H3/q-2;2*+1;-1;/p+1. The first-order chi connectivity index (χ1) is 3.46. The first-order valence-electron chi connectivity index (χ1n) is 1.16. The molecule has 0 spiro atoms. The van der Waals surface area contributed by atoms with E-state index in [0.29, 0.717) is 0 Å². The third-order valence-corrected chi connectivity index (χ3v) is 0. The van der Waals surface area contributed by atoms with Crippen LogP contribution in [-0.2, 0) is 3.78 Å². The van der Waals surface area contributed by atoms with Crippen LogP contribution >= 0.6 is 0 Å². The molecule has 0 radical (unpaired) electrons. The zero-order valence-corrected chi connectivity index (χ0v) is 8.49. The van der Waals surface area contributed by atoms with E-state index in [4.69, 9.17) is 27.4 Å². The van der Waals surface area contributed by atoms with Crippen molar-refractivity contribution >= 4 is 15.0 Å². The van der Waals surface area contributed by atoms with Gasteiger partial charge in [-0.25, -0.2) is 0 Å². The van der Waals surface area contributed by atoms with Gasteiger partial charge in [0, 0.05) is 0 Å². The average Bonchev–Trinajstić information content (AvgIpc) is 1.25. The molecule has 0 aromatic carbocycles. The molecule has 0 amide bonds. The zero-order chi connectivity index (χ0) is 7.15. The van der Waals surface area contributed by atoms with Crippen LogP contribution in [0.1, 0.15) is 0 Å². The summed E-state index contributed by atoms with van der Waals surface area (Å²) in [7, 11) is 0. The molecule has 0 fully saturated rings. The first kappa shape index (κ1) is 30.2. The van der Waals surface area contributed by atoms with Gasteiger partial charge in [-0.15, -0.1) is 0 Å². The van der Waals surface area contributed by atoms with Crippen LogP contribution in [0.4, 0.5) is 0 Å². The predicted molar refractivity (Wildman–Crippen MR) is 22.8 cm³/mol. The molecule has 0 saturated carbocycles. The van der Waals surface area contributed by atoms with E-state index in [9.17, 15) is 0 Å². The second-order valence-corrected chi connectivity index (χ2v) is 1.52. The van der Waals surface area contributed by atoms with Gasteiger partial charge in [-0.1, -0.05) is 0 Å². The molecule has 0 aromatic rings. The molecule has 0 aliphatic rings. The minimum absolute atomic E-state index is 0. The van der Waals surface area contributed by atoms with Crippen molar-refractivity contribution in [2.45, 2.75) is 0 Å². The molecule has 11 heteroatoms. The van der Waals surface area contributed by atoms with E-state index in [-0.39, 0.29) is 43.9 Å². The van der Waals surface area contributed by atoms with Crippen molar-refractivity contribution < 1.29 is 54.9 Å². The van der Waals surface area contributed by atoms with Gasteiger partial charge in [-0.2, -0.15) is 0 Å². The van der Waals surface area contributed by atoms with E-state index >= 15 is 0 Å². The molecule has 0 rings (SSSR count). The third kappa shape index (κ3) is 8000. The Morgan fingerprint density at radius 2 is 1.09 bits per heavy atom. The van der Waals surface area contributed by atoms with Crippen LogP contribution in [0.3, 0.4) is 0 Å². The molecular weight excluding hydrogens is 210 g/mol. The summed E-state index contributed by atoms with van der Waals surface area (Å²) in [6.45, 7) is 0. The van der Waals surface area contributed by atoms with Crippen LogP contribution in [0.2, 0.25) is 0 Å². The molecule has 0 heterocycles. The molecule has 0 aromatic heterocycles. The van der Waals surface area contributed by atoms with E-state index < -0.39 is 20.0 Å². The molecule has 4 N–H and O–H groups in total. The van der Waals surface area contributed by atoms with Gasteiger partial charge in [0.2, 0.25) is 0 Å². The van der Waals surface area contributed by atoms with E-state index in [1.165, 1.54) is 0 Å². The molecule has 0 saturated heterocycles. The summed E-state index contributed by atoms with van der Waals surface area (Å²) < 4.78 is 25.8. The maximum atomic E-state index is 8.58. The molecule has 56 valence electrons. The van der Waals surface area contributed by atoms with Crippen LogP contribution in [0.25, 0.3) is 0 Å². The third-order valence-electron chi connectivity index (χ3n) is 0. The normalized spacial score (nSPS) is 4.36. The second kappa shape index (κ2) is 22.4. The van der Waals surface area contributed by atoms with Gasteiger partial charge >= 0.3 is 64.7 Å². The predicted octanol–water partition coefficient (Wildman–Crippen LogP) is -8.73. The molecule has 0 atom stereocenters. The van der Waals surface area contributed by atoms with E-state index in [2.05, 4.69) is 0 Å². The summed E-state index contributed by atoms with van der Waals surface area (Å²) in [6.07, 6.45) is 0. The summed E-state index contributed by atoms with van der Waals surface area (Å²) in [5.41, 5.74) is 0. The zero-order valence-electron chi connectivity index (χ0n) is 6.40. The maximum absolute atomic E-state index is 8.58. The van der Waals surface area contributed by atoms with Crippen LogP contribution in [0.5, 0.6) is 0 Å². The summed E-state index contributed by atoms with van der Waals surface area (Å²) in [5.74, 6) is 0. The SMILES string of the molecule is O=[N+]([O-])[O-].[Li+].[Li+].[NH4+].[O]=[Ge]([O-])[O-]. The van der Waals surface area contributed by atoms with Crippen molar-refractivity contribution in [3.63, 3.8) is 0 Å². The Labute approximate surface area is 91.0 Å². The van der Waals surface area contributed by atoms with Crippen molar-refractivity contribution in [3.05, 3.63) is 15.3 Å². The second-order valence-electron chi connectivity index (χ2n) is 0.474. The fraction of sp³-hybridized carbons (Fsp3) is 0. The number of rotatable bonds is 0. The van der Waals surface area contributed by atoms with Crippen LogP contribution in [0, 0.1) is 15.3 Å². The van der Waals surface area contributed by atoms with Gasteiger partial charge in [0.15, 0.2) is 0 Å². The van der Waals surface area contributed by atoms with Gasteiger partial charge in [-0.05, 0) is 0 Å². The molecule has 11 heavy (non-hydrogen) atoms. The van der Waals surface area contributed by atoms with Crippen LogP contribution in [0.15, 0.2) is 0 Å². The fourth-order valence-electron chi connectivity index (χ4n) is 0. The van der Waals surface area contributed by atoms with E-state index in [0.717, 1.165) is 0 Å². The Kier molecular flexibility index (Phi) is 61.6. The molecule has 0 aliphatic carbocycles. The Morgan fingerprint density at radius 3 is 1.09 bits per heavy atom. The molecular formula is H4GeLi2N2O6. The van der Waals surface area contributed by atoms with E-state index in [1.54, 1.807) is 0 Å². The number of hydrogen-bond donors (Lipinski definition) is 1. The van der Waals surface area contributed by atoms with Crippen molar-refractivity contribution in [1.82, 2.24) is 6.15 Å².